The largest absolute Gasteiger partial charge is 0.508 e. The van der Waals surface area contributed by atoms with Crippen molar-refractivity contribution in [1.82, 2.24) is 24.6 Å². The fraction of sp³-hybridized carbons (Fsp3) is 0.481. The van der Waals surface area contributed by atoms with Crippen LogP contribution in [-0.2, 0) is 11.3 Å². The lowest BCUT2D eigenvalue weighted by Crippen LogP contribution is -2.52. The molecule has 5 rings (SSSR count). The van der Waals surface area contributed by atoms with Crippen LogP contribution in [0.15, 0.2) is 30.6 Å². The quantitative estimate of drug-likeness (QED) is 0.415. The van der Waals surface area contributed by atoms with Gasteiger partial charge in [-0.3, -0.25) is 19.2 Å². The summed E-state index contributed by atoms with van der Waals surface area (Å²) in [5.74, 6) is 0.468. The van der Waals surface area contributed by atoms with Crippen LogP contribution in [0.5, 0.6) is 5.75 Å². The molecule has 1 aliphatic carbocycles. The van der Waals surface area contributed by atoms with Crippen molar-refractivity contribution in [3.8, 4) is 5.75 Å². The zero-order valence-electron chi connectivity index (χ0n) is 21.9. The highest BCUT2D eigenvalue weighted by atomic mass is 32.1. The molecular formula is C27H35N7O3S. The minimum Gasteiger partial charge on any atom is -0.508 e. The molecule has 1 aromatic carbocycles. The van der Waals surface area contributed by atoms with Crippen molar-refractivity contribution in [3.05, 3.63) is 46.6 Å². The van der Waals surface area contributed by atoms with Crippen LogP contribution < -0.4 is 10.6 Å². The second-order valence-corrected chi connectivity index (χ2v) is 11.1. The smallest absolute Gasteiger partial charge is 0.267 e. The standard InChI is InChI=1S/C27H35N7O3S/c1-18-8-9-21(35)19(2)25(18)30-26(37)22-16-28-27(38-22)29-23-10-11-34(31-23)17-24(36)33-14-12-32(13-15-33)20-6-4-3-5-7-20/h8-11,16,20,35H,3-7,12-15,17H2,1-2H3,(H,30,37)(H,28,29,31). The lowest BCUT2D eigenvalue weighted by molar-refractivity contribution is -0.134. The summed E-state index contributed by atoms with van der Waals surface area (Å²) in [4.78, 5) is 34.9. The second kappa shape index (κ2) is 11.5. The van der Waals surface area contributed by atoms with Crippen molar-refractivity contribution in [2.24, 2.45) is 0 Å². The number of nitrogens with zero attached hydrogens (tertiary/aromatic N) is 5. The van der Waals surface area contributed by atoms with Crippen LogP contribution >= 0.6 is 11.3 Å². The molecule has 202 valence electrons. The number of carbonyl (C=O) groups is 2. The van der Waals surface area contributed by atoms with Crippen molar-refractivity contribution in [1.29, 1.82) is 0 Å². The molecule has 0 unspecified atom stereocenters. The molecule has 3 aromatic rings. The average Bonchev–Trinajstić information content (AvgIpc) is 3.59. The number of hydrogen-bond acceptors (Lipinski definition) is 8. The monoisotopic (exact) mass is 537 g/mol. The number of hydrogen-bond donors (Lipinski definition) is 3. The number of nitrogens with one attached hydrogen (secondary N) is 2. The van der Waals surface area contributed by atoms with Gasteiger partial charge in [0, 0.05) is 50.0 Å². The lowest BCUT2D eigenvalue weighted by atomic mass is 9.94. The Morgan fingerprint density at radius 2 is 1.84 bits per heavy atom. The van der Waals surface area contributed by atoms with Crippen LogP contribution in [0.4, 0.5) is 16.6 Å². The molecule has 1 aliphatic heterocycles. The van der Waals surface area contributed by atoms with E-state index < -0.39 is 0 Å². The van der Waals surface area contributed by atoms with Crippen LogP contribution in [0.25, 0.3) is 0 Å². The first kappa shape index (κ1) is 26.2. The molecule has 10 nitrogen and oxygen atoms in total. The van der Waals surface area contributed by atoms with Crippen molar-refractivity contribution < 1.29 is 14.7 Å². The summed E-state index contributed by atoms with van der Waals surface area (Å²) in [6, 6.07) is 5.85. The van der Waals surface area contributed by atoms with Gasteiger partial charge in [-0.05, 0) is 38.3 Å². The predicted octanol–water partition coefficient (Wildman–Crippen LogP) is 4.13. The topological polar surface area (TPSA) is 116 Å². The highest BCUT2D eigenvalue weighted by Crippen LogP contribution is 2.29. The van der Waals surface area contributed by atoms with Gasteiger partial charge in [0.15, 0.2) is 10.9 Å². The molecule has 2 amide bonds. The summed E-state index contributed by atoms with van der Waals surface area (Å²) in [6.45, 7) is 7.27. The molecule has 0 radical (unpaired) electrons. The minimum atomic E-state index is -0.299. The number of phenolic OH excluding ortho intramolecular Hbond substituents is 1. The van der Waals surface area contributed by atoms with Gasteiger partial charge in [0.1, 0.15) is 17.2 Å². The number of carbonyl (C=O) groups excluding carboxylic acids is 2. The maximum absolute atomic E-state index is 12.9. The van der Waals surface area contributed by atoms with Crippen LogP contribution in [0.2, 0.25) is 0 Å². The summed E-state index contributed by atoms with van der Waals surface area (Å²) in [5, 5.41) is 20.9. The van der Waals surface area contributed by atoms with Gasteiger partial charge in [0.2, 0.25) is 5.91 Å². The van der Waals surface area contributed by atoms with E-state index in [1.165, 1.54) is 49.6 Å². The van der Waals surface area contributed by atoms with E-state index in [0.717, 1.165) is 31.7 Å². The molecule has 0 atom stereocenters. The molecule has 2 aromatic heterocycles. The van der Waals surface area contributed by atoms with Crippen LogP contribution in [0.1, 0.15) is 52.9 Å². The highest BCUT2D eigenvalue weighted by Gasteiger charge is 2.27. The molecular weight excluding hydrogens is 502 g/mol. The van der Waals surface area contributed by atoms with E-state index in [2.05, 4.69) is 25.6 Å². The molecule has 1 saturated heterocycles. The molecule has 11 heteroatoms. The second-order valence-electron chi connectivity index (χ2n) is 10.1. The van der Waals surface area contributed by atoms with Gasteiger partial charge in [-0.2, -0.15) is 5.10 Å². The van der Waals surface area contributed by atoms with Gasteiger partial charge in [0.25, 0.3) is 5.91 Å². The number of anilines is 3. The highest BCUT2D eigenvalue weighted by molar-refractivity contribution is 7.17. The Balaban J connectivity index is 1.12. The van der Waals surface area contributed by atoms with Gasteiger partial charge in [0.05, 0.1) is 11.9 Å². The van der Waals surface area contributed by atoms with Gasteiger partial charge >= 0.3 is 0 Å². The Bertz CT molecular complexity index is 1290. The SMILES string of the molecule is Cc1ccc(O)c(C)c1NC(=O)c1cnc(Nc2ccn(CC(=O)N3CCN(C4CCCCC4)CC3)n2)s1. The van der Waals surface area contributed by atoms with E-state index in [-0.39, 0.29) is 24.1 Å². The average molecular weight is 538 g/mol. The van der Waals surface area contributed by atoms with Crippen LogP contribution in [0, 0.1) is 13.8 Å². The first-order chi connectivity index (χ1) is 18.4. The normalized spacial score (nSPS) is 16.9. The zero-order valence-corrected chi connectivity index (χ0v) is 22.8. The van der Waals surface area contributed by atoms with Crippen molar-refractivity contribution in [3.63, 3.8) is 0 Å². The zero-order chi connectivity index (χ0) is 26.6. The minimum absolute atomic E-state index is 0.0775. The number of thiazole rings is 1. The predicted molar refractivity (Wildman–Crippen MR) is 148 cm³/mol. The molecule has 3 heterocycles. The Morgan fingerprint density at radius 1 is 1.08 bits per heavy atom. The van der Waals surface area contributed by atoms with Gasteiger partial charge in [-0.15, -0.1) is 0 Å². The van der Waals surface area contributed by atoms with E-state index >= 15 is 0 Å². The van der Waals surface area contributed by atoms with Crippen molar-refractivity contribution >= 4 is 39.8 Å². The van der Waals surface area contributed by atoms with Crippen LogP contribution in [0.3, 0.4) is 0 Å². The van der Waals surface area contributed by atoms with Gasteiger partial charge in [-0.1, -0.05) is 36.7 Å². The van der Waals surface area contributed by atoms with Crippen molar-refractivity contribution in [2.75, 3.05) is 36.8 Å². The molecule has 2 fully saturated rings. The molecule has 0 spiro atoms. The third-order valence-electron chi connectivity index (χ3n) is 7.54. The Labute approximate surface area is 226 Å². The van der Waals surface area contributed by atoms with Crippen molar-refractivity contribution in [2.45, 2.75) is 58.5 Å². The molecule has 3 N–H and O–H groups in total. The Kier molecular flexibility index (Phi) is 7.94. The third-order valence-corrected chi connectivity index (χ3v) is 8.46. The van der Waals surface area contributed by atoms with Crippen LogP contribution in [-0.4, -0.2) is 73.7 Å². The van der Waals surface area contributed by atoms with Gasteiger partial charge < -0.3 is 20.6 Å². The molecule has 2 aliphatic rings. The van der Waals surface area contributed by atoms with E-state index in [1.807, 2.05) is 11.8 Å². The third kappa shape index (κ3) is 5.99. The fourth-order valence-electron chi connectivity index (χ4n) is 5.29. The number of rotatable bonds is 7. The number of amides is 2. The number of aryl methyl sites for hydroxylation is 1. The molecule has 0 bridgehead atoms. The summed E-state index contributed by atoms with van der Waals surface area (Å²) in [5.41, 5.74) is 2.08. The summed E-state index contributed by atoms with van der Waals surface area (Å²) in [7, 11) is 0. The molecule has 1 saturated carbocycles. The fourth-order valence-corrected chi connectivity index (χ4v) is 6.01. The molecule has 38 heavy (non-hydrogen) atoms. The number of phenols is 1. The Hall–Kier alpha value is -3.44. The number of benzene rings is 1. The summed E-state index contributed by atoms with van der Waals surface area (Å²) >= 11 is 1.20. The summed E-state index contributed by atoms with van der Waals surface area (Å²) < 4.78 is 1.63. The van der Waals surface area contributed by atoms with Gasteiger partial charge in [-0.25, -0.2) is 4.98 Å². The first-order valence-corrected chi connectivity index (χ1v) is 14.1. The number of aromatic hydroxyl groups is 1. The summed E-state index contributed by atoms with van der Waals surface area (Å²) in [6.07, 6.45) is 9.87. The number of piperazine rings is 1. The van der Waals surface area contributed by atoms with E-state index in [4.69, 9.17) is 0 Å². The Morgan fingerprint density at radius 3 is 2.61 bits per heavy atom. The van der Waals surface area contributed by atoms with E-state index in [0.29, 0.717) is 33.1 Å². The van der Waals surface area contributed by atoms with E-state index in [1.54, 1.807) is 36.0 Å². The maximum Gasteiger partial charge on any atom is 0.267 e. The number of aromatic nitrogens is 3. The lowest BCUT2D eigenvalue weighted by Gasteiger charge is -2.40. The first-order valence-electron chi connectivity index (χ1n) is 13.3. The van der Waals surface area contributed by atoms with E-state index in [9.17, 15) is 14.7 Å². The maximum atomic E-state index is 12.9.